The number of halogens is 2. The van der Waals surface area contributed by atoms with E-state index in [4.69, 9.17) is 0 Å². The number of hydrogen-bond acceptors (Lipinski definition) is 2. The molecule has 1 atom stereocenters. The molecule has 1 heterocycles. The van der Waals surface area contributed by atoms with Gasteiger partial charge in [-0.1, -0.05) is 33.6 Å². The lowest BCUT2D eigenvalue weighted by Gasteiger charge is -2.14. The van der Waals surface area contributed by atoms with E-state index in [0.717, 1.165) is 21.3 Å². The van der Waals surface area contributed by atoms with Crippen LogP contribution in [-0.4, -0.2) is 5.91 Å². The van der Waals surface area contributed by atoms with Crippen LogP contribution in [-0.2, 0) is 4.79 Å². The fourth-order valence-corrected chi connectivity index (χ4v) is 2.65. The van der Waals surface area contributed by atoms with Gasteiger partial charge in [0.05, 0.1) is 5.69 Å². The quantitative estimate of drug-likeness (QED) is 0.871. The average Bonchev–Trinajstić information content (AvgIpc) is 2.70. The summed E-state index contributed by atoms with van der Waals surface area (Å²) in [6.45, 7) is 1.96. The number of fused-ring (bicyclic) bond motifs is 1. The van der Waals surface area contributed by atoms with Crippen LogP contribution in [0.2, 0.25) is 0 Å². The zero-order valence-corrected chi connectivity index (χ0v) is 12.3. The fraction of sp³-hybridized carbons (Fsp3) is 0.133. The highest BCUT2D eigenvalue weighted by molar-refractivity contribution is 9.10. The van der Waals surface area contributed by atoms with E-state index < -0.39 is 6.04 Å². The minimum absolute atomic E-state index is 0.176. The third-order valence-corrected chi connectivity index (χ3v) is 3.76. The lowest BCUT2D eigenvalue weighted by atomic mass is 10.1. The number of hydrogen-bond donors (Lipinski definition) is 2. The summed E-state index contributed by atoms with van der Waals surface area (Å²) in [5.41, 5.74) is 2.97. The molecular formula is C15H12BrFN2O. The second kappa shape index (κ2) is 4.90. The van der Waals surface area contributed by atoms with Gasteiger partial charge < -0.3 is 10.6 Å². The van der Waals surface area contributed by atoms with Gasteiger partial charge in [-0.3, -0.25) is 4.79 Å². The van der Waals surface area contributed by atoms with Gasteiger partial charge in [-0.05, 0) is 31.2 Å². The van der Waals surface area contributed by atoms with Crippen LogP contribution < -0.4 is 10.6 Å². The zero-order chi connectivity index (χ0) is 14.3. The molecular weight excluding hydrogens is 323 g/mol. The average molecular weight is 335 g/mol. The summed E-state index contributed by atoms with van der Waals surface area (Å²) in [4.78, 5) is 12.0. The van der Waals surface area contributed by atoms with Crippen LogP contribution in [0.25, 0.3) is 0 Å². The Bertz CT molecular complexity index is 702. The van der Waals surface area contributed by atoms with E-state index in [1.54, 1.807) is 12.1 Å². The first-order valence-electron chi connectivity index (χ1n) is 6.17. The van der Waals surface area contributed by atoms with Crippen molar-refractivity contribution in [2.24, 2.45) is 0 Å². The Kier molecular flexibility index (Phi) is 3.22. The standard InChI is InChI=1S/C15H12BrFN2O/c1-8-2-5-12-10(6-8)14(15(20)19-12)18-13-7-9(16)3-4-11(13)17/h2-7,14,18H,1H3,(H,19,20). The van der Waals surface area contributed by atoms with Gasteiger partial charge in [-0.25, -0.2) is 4.39 Å². The van der Waals surface area contributed by atoms with Crippen LogP contribution in [0.5, 0.6) is 0 Å². The molecule has 2 N–H and O–H groups in total. The van der Waals surface area contributed by atoms with Gasteiger partial charge in [0.25, 0.3) is 5.91 Å². The first kappa shape index (κ1) is 13.1. The molecule has 1 amide bonds. The maximum Gasteiger partial charge on any atom is 0.251 e. The summed E-state index contributed by atoms with van der Waals surface area (Å²) in [5.74, 6) is -0.563. The van der Waals surface area contributed by atoms with Crippen LogP contribution in [0.3, 0.4) is 0 Å². The molecule has 2 aromatic carbocycles. The number of amides is 1. The summed E-state index contributed by atoms with van der Waals surface area (Å²) in [6, 6.07) is 9.75. The summed E-state index contributed by atoms with van der Waals surface area (Å²) < 4.78 is 14.5. The Morgan fingerprint density at radius 2 is 2.05 bits per heavy atom. The summed E-state index contributed by atoms with van der Waals surface area (Å²) in [5, 5.41) is 5.76. The molecule has 5 heteroatoms. The van der Waals surface area contributed by atoms with Gasteiger partial charge in [0, 0.05) is 15.7 Å². The highest BCUT2D eigenvalue weighted by Gasteiger charge is 2.30. The number of anilines is 2. The smallest absolute Gasteiger partial charge is 0.251 e. The molecule has 0 bridgehead atoms. The lowest BCUT2D eigenvalue weighted by molar-refractivity contribution is -0.116. The number of nitrogens with one attached hydrogen (secondary N) is 2. The highest BCUT2D eigenvalue weighted by Crippen LogP contribution is 2.34. The molecule has 3 nitrogen and oxygen atoms in total. The van der Waals surface area contributed by atoms with Crippen molar-refractivity contribution >= 4 is 33.2 Å². The molecule has 3 rings (SSSR count). The predicted molar refractivity (Wildman–Crippen MR) is 80.3 cm³/mol. The summed E-state index contributed by atoms with van der Waals surface area (Å²) in [6.07, 6.45) is 0. The van der Waals surface area contributed by atoms with Gasteiger partial charge in [0.2, 0.25) is 0 Å². The van der Waals surface area contributed by atoms with Gasteiger partial charge in [-0.2, -0.15) is 0 Å². The predicted octanol–water partition coefficient (Wildman–Crippen LogP) is 4.00. The second-order valence-electron chi connectivity index (χ2n) is 4.78. The SMILES string of the molecule is Cc1ccc2c(c1)C(Nc1cc(Br)ccc1F)C(=O)N2. The molecule has 0 saturated heterocycles. The Balaban J connectivity index is 1.97. The van der Waals surface area contributed by atoms with Crippen molar-refractivity contribution in [2.75, 3.05) is 10.6 Å². The van der Waals surface area contributed by atoms with Crippen molar-refractivity contribution < 1.29 is 9.18 Å². The van der Waals surface area contributed by atoms with E-state index in [0.29, 0.717) is 5.69 Å². The molecule has 1 unspecified atom stereocenters. The summed E-state index contributed by atoms with van der Waals surface area (Å²) in [7, 11) is 0. The van der Waals surface area contributed by atoms with E-state index in [-0.39, 0.29) is 11.7 Å². The number of aryl methyl sites for hydroxylation is 1. The van der Waals surface area contributed by atoms with Crippen molar-refractivity contribution in [3.8, 4) is 0 Å². The van der Waals surface area contributed by atoms with Gasteiger partial charge in [0.15, 0.2) is 0 Å². The van der Waals surface area contributed by atoms with Crippen molar-refractivity contribution in [2.45, 2.75) is 13.0 Å². The maximum atomic E-state index is 13.8. The maximum absolute atomic E-state index is 13.8. The van der Waals surface area contributed by atoms with Crippen molar-refractivity contribution in [1.82, 2.24) is 0 Å². The van der Waals surface area contributed by atoms with Crippen LogP contribution in [0.1, 0.15) is 17.2 Å². The summed E-state index contributed by atoms with van der Waals surface area (Å²) >= 11 is 3.30. The van der Waals surface area contributed by atoms with E-state index >= 15 is 0 Å². The Hall–Kier alpha value is -1.88. The molecule has 1 aliphatic rings. The normalized spacial score (nSPS) is 16.8. The fourth-order valence-electron chi connectivity index (χ4n) is 2.29. The Morgan fingerprint density at radius 1 is 1.25 bits per heavy atom. The largest absolute Gasteiger partial charge is 0.368 e. The topological polar surface area (TPSA) is 41.1 Å². The molecule has 0 aromatic heterocycles. The van der Waals surface area contributed by atoms with E-state index in [9.17, 15) is 9.18 Å². The molecule has 0 saturated carbocycles. The third-order valence-electron chi connectivity index (χ3n) is 3.27. The molecule has 0 radical (unpaired) electrons. The molecule has 0 fully saturated rings. The third kappa shape index (κ3) is 2.29. The van der Waals surface area contributed by atoms with Gasteiger partial charge in [0.1, 0.15) is 11.9 Å². The lowest BCUT2D eigenvalue weighted by Crippen LogP contribution is -2.20. The Labute approximate surface area is 124 Å². The minimum Gasteiger partial charge on any atom is -0.368 e. The number of benzene rings is 2. The molecule has 0 aliphatic carbocycles. The molecule has 2 aromatic rings. The van der Waals surface area contributed by atoms with Crippen LogP contribution in [0.4, 0.5) is 15.8 Å². The van der Waals surface area contributed by atoms with Gasteiger partial charge in [-0.15, -0.1) is 0 Å². The monoisotopic (exact) mass is 334 g/mol. The van der Waals surface area contributed by atoms with E-state index in [1.165, 1.54) is 6.07 Å². The van der Waals surface area contributed by atoms with Crippen molar-refractivity contribution in [3.05, 3.63) is 57.8 Å². The highest BCUT2D eigenvalue weighted by atomic mass is 79.9. The molecule has 20 heavy (non-hydrogen) atoms. The van der Waals surface area contributed by atoms with Crippen LogP contribution in [0, 0.1) is 12.7 Å². The Morgan fingerprint density at radius 3 is 2.85 bits per heavy atom. The van der Waals surface area contributed by atoms with Crippen LogP contribution in [0.15, 0.2) is 40.9 Å². The molecule has 0 spiro atoms. The van der Waals surface area contributed by atoms with Crippen molar-refractivity contribution in [3.63, 3.8) is 0 Å². The van der Waals surface area contributed by atoms with Gasteiger partial charge >= 0.3 is 0 Å². The number of rotatable bonds is 2. The number of carbonyl (C=O) groups is 1. The first-order chi connectivity index (χ1) is 9.54. The van der Waals surface area contributed by atoms with E-state index in [2.05, 4.69) is 26.6 Å². The van der Waals surface area contributed by atoms with Crippen molar-refractivity contribution in [1.29, 1.82) is 0 Å². The minimum atomic E-state index is -0.575. The second-order valence-corrected chi connectivity index (χ2v) is 5.70. The molecule has 102 valence electrons. The first-order valence-corrected chi connectivity index (χ1v) is 6.97. The zero-order valence-electron chi connectivity index (χ0n) is 10.7. The van der Waals surface area contributed by atoms with Crippen LogP contribution >= 0.6 is 15.9 Å². The van der Waals surface area contributed by atoms with E-state index in [1.807, 2.05) is 25.1 Å². The number of carbonyl (C=O) groups excluding carboxylic acids is 1. The molecule has 1 aliphatic heterocycles.